The summed E-state index contributed by atoms with van der Waals surface area (Å²) in [4.78, 5) is 0.295. The molecule has 6 nitrogen and oxygen atoms in total. The average molecular weight is 541 g/mol. The van der Waals surface area contributed by atoms with E-state index in [4.69, 9.17) is 11.6 Å². The number of hydrogen-bond acceptors (Lipinski definition) is 5. The molecule has 1 aromatic heterocycles. The highest BCUT2D eigenvalue weighted by molar-refractivity contribution is 7.98. The molecule has 3 aromatic carbocycles. The van der Waals surface area contributed by atoms with Gasteiger partial charge in [0.25, 0.3) is 0 Å². The Morgan fingerprint density at radius 2 is 1.61 bits per heavy atom. The summed E-state index contributed by atoms with van der Waals surface area (Å²) in [6.45, 7) is 9.35. The number of nitrogens with zero attached hydrogens (tertiary/aromatic N) is 3. The minimum absolute atomic E-state index is 0.295. The summed E-state index contributed by atoms with van der Waals surface area (Å²) >= 11 is 7.89. The molecule has 0 fully saturated rings. The fourth-order valence-electron chi connectivity index (χ4n) is 4.36. The van der Waals surface area contributed by atoms with Crippen molar-refractivity contribution in [3.05, 3.63) is 99.3 Å². The molecule has 0 bridgehead atoms. The van der Waals surface area contributed by atoms with Gasteiger partial charge in [-0.2, -0.15) is 0 Å². The molecule has 0 saturated heterocycles. The van der Waals surface area contributed by atoms with E-state index in [1.807, 2.05) is 80.8 Å². The first kappa shape index (κ1) is 26.4. The van der Waals surface area contributed by atoms with Crippen LogP contribution in [0, 0.1) is 27.7 Å². The molecule has 0 aliphatic rings. The standard InChI is InChI=1S/C27H29ClN4O2S2/c1-17-13-19(3)25(20(4)14-17)36(33,34)31-21(5)26-29-30-27(35-16-22-9-7-6-8-10-22)32(26)24-15-23(28)12-11-18(24)2/h6-15,21,31H,16H2,1-5H3. The van der Waals surface area contributed by atoms with Crippen LogP contribution in [0.2, 0.25) is 5.02 Å². The molecule has 4 rings (SSSR count). The van der Waals surface area contributed by atoms with E-state index in [2.05, 4.69) is 27.1 Å². The fraction of sp³-hybridized carbons (Fsp3) is 0.259. The van der Waals surface area contributed by atoms with Crippen LogP contribution in [0.15, 0.2) is 70.7 Å². The van der Waals surface area contributed by atoms with Gasteiger partial charge in [-0.1, -0.05) is 77.5 Å². The second kappa shape index (κ2) is 10.8. The van der Waals surface area contributed by atoms with E-state index in [1.54, 1.807) is 6.92 Å². The third-order valence-corrected chi connectivity index (χ3v) is 8.95. The number of sulfonamides is 1. The lowest BCUT2D eigenvalue weighted by atomic mass is 10.1. The molecule has 1 unspecified atom stereocenters. The van der Waals surface area contributed by atoms with Crippen molar-refractivity contribution in [2.75, 3.05) is 0 Å². The van der Waals surface area contributed by atoms with Crippen LogP contribution in [0.3, 0.4) is 0 Å². The first-order chi connectivity index (χ1) is 17.1. The van der Waals surface area contributed by atoms with Crippen molar-refractivity contribution in [1.29, 1.82) is 0 Å². The molecular formula is C27H29ClN4O2S2. The topological polar surface area (TPSA) is 76.9 Å². The van der Waals surface area contributed by atoms with Gasteiger partial charge in [0.05, 0.1) is 16.6 Å². The van der Waals surface area contributed by atoms with E-state index in [9.17, 15) is 8.42 Å². The number of nitrogens with one attached hydrogen (secondary N) is 1. The Balaban J connectivity index is 1.74. The van der Waals surface area contributed by atoms with Crippen LogP contribution in [-0.4, -0.2) is 23.2 Å². The lowest BCUT2D eigenvalue weighted by Gasteiger charge is -2.19. The minimum Gasteiger partial charge on any atom is -0.272 e. The summed E-state index contributed by atoms with van der Waals surface area (Å²) in [5, 5.41) is 10.1. The van der Waals surface area contributed by atoms with Crippen LogP contribution >= 0.6 is 23.4 Å². The maximum atomic E-state index is 13.5. The Morgan fingerprint density at radius 3 is 2.28 bits per heavy atom. The Morgan fingerprint density at radius 1 is 0.944 bits per heavy atom. The molecule has 4 aromatic rings. The second-order valence-electron chi connectivity index (χ2n) is 8.95. The van der Waals surface area contributed by atoms with Crippen molar-refractivity contribution in [3.63, 3.8) is 0 Å². The van der Waals surface area contributed by atoms with E-state index in [0.717, 1.165) is 22.4 Å². The van der Waals surface area contributed by atoms with Crippen molar-refractivity contribution in [2.24, 2.45) is 0 Å². The van der Waals surface area contributed by atoms with Gasteiger partial charge >= 0.3 is 0 Å². The first-order valence-electron chi connectivity index (χ1n) is 11.6. The number of aromatic nitrogens is 3. The molecule has 1 heterocycles. The van der Waals surface area contributed by atoms with E-state index >= 15 is 0 Å². The first-order valence-corrected chi connectivity index (χ1v) is 14.4. The fourth-order valence-corrected chi connectivity index (χ4v) is 7.09. The zero-order chi connectivity index (χ0) is 26.0. The van der Waals surface area contributed by atoms with Gasteiger partial charge in [0.2, 0.25) is 10.0 Å². The Labute approximate surface area is 222 Å². The van der Waals surface area contributed by atoms with Crippen LogP contribution < -0.4 is 4.72 Å². The highest BCUT2D eigenvalue weighted by atomic mass is 35.5. The quantitative estimate of drug-likeness (QED) is 0.259. The number of rotatable bonds is 8. The lowest BCUT2D eigenvalue weighted by Crippen LogP contribution is -2.30. The van der Waals surface area contributed by atoms with Crippen molar-refractivity contribution < 1.29 is 8.42 Å². The Kier molecular flexibility index (Phi) is 7.90. The number of thioether (sulfide) groups is 1. The van der Waals surface area contributed by atoms with E-state index in [-0.39, 0.29) is 0 Å². The normalized spacial score (nSPS) is 12.6. The van der Waals surface area contributed by atoms with Crippen LogP contribution in [-0.2, 0) is 15.8 Å². The van der Waals surface area contributed by atoms with Crippen LogP contribution in [0.4, 0.5) is 0 Å². The molecule has 1 atom stereocenters. The summed E-state index contributed by atoms with van der Waals surface area (Å²) in [6.07, 6.45) is 0. The van der Waals surface area contributed by atoms with Gasteiger partial charge in [0.1, 0.15) is 0 Å². The summed E-state index contributed by atoms with van der Waals surface area (Å²) in [7, 11) is -3.81. The number of aryl methyl sites for hydroxylation is 4. The maximum Gasteiger partial charge on any atom is 0.241 e. The minimum atomic E-state index is -3.81. The number of benzene rings is 3. The third-order valence-electron chi connectivity index (χ3n) is 5.87. The van der Waals surface area contributed by atoms with Gasteiger partial charge in [-0.15, -0.1) is 10.2 Å². The highest BCUT2D eigenvalue weighted by Gasteiger charge is 2.27. The van der Waals surface area contributed by atoms with Crippen LogP contribution in [0.25, 0.3) is 5.69 Å². The predicted molar refractivity (Wildman–Crippen MR) is 146 cm³/mol. The van der Waals surface area contributed by atoms with Gasteiger partial charge in [-0.25, -0.2) is 13.1 Å². The Bertz CT molecular complexity index is 1480. The average Bonchev–Trinajstić information content (AvgIpc) is 3.22. The van der Waals surface area contributed by atoms with E-state index in [0.29, 0.717) is 37.8 Å². The summed E-state index contributed by atoms with van der Waals surface area (Å²) in [5.74, 6) is 1.18. The molecule has 9 heteroatoms. The number of halogens is 1. The van der Waals surface area contributed by atoms with Gasteiger partial charge in [-0.3, -0.25) is 4.57 Å². The number of hydrogen-bond donors (Lipinski definition) is 1. The molecule has 188 valence electrons. The zero-order valence-electron chi connectivity index (χ0n) is 20.9. The smallest absolute Gasteiger partial charge is 0.241 e. The van der Waals surface area contributed by atoms with Crippen molar-refractivity contribution >= 4 is 33.4 Å². The summed E-state index contributed by atoms with van der Waals surface area (Å²) in [5.41, 5.74) is 5.37. The highest BCUT2D eigenvalue weighted by Crippen LogP contribution is 2.31. The van der Waals surface area contributed by atoms with E-state index in [1.165, 1.54) is 11.8 Å². The second-order valence-corrected chi connectivity index (χ2v) is 12.0. The molecule has 36 heavy (non-hydrogen) atoms. The monoisotopic (exact) mass is 540 g/mol. The molecule has 0 saturated carbocycles. The molecule has 0 spiro atoms. The third kappa shape index (κ3) is 5.67. The van der Waals surface area contributed by atoms with Gasteiger partial charge in [-0.05, 0) is 69.0 Å². The molecular weight excluding hydrogens is 512 g/mol. The van der Waals surface area contributed by atoms with E-state index < -0.39 is 16.1 Å². The van der Waals surface area contributed by atoms with Crippen LogP contribution in [0.1, 0.15) is 46.6 Å². The summed E-state index contributed by atoms with van der Waals surface area (Å²) in [6, 6.07) is 18.8. The van der Waals surface area contributed by atoms with Gasteiger partial charge < -0.3 is 0 Å². The Hall–Kier alpha value is -2.65. The van der Waals surface area contributed by atoms with Crippen molar-refractivity contribution in [2.45, 2.75) is 56.5 Å². The summed E-state index contributed by atoms with van der Waals surface area (Å²) < 4.78 is 31.6. The molecule has 0 amide bonds. The van der Waals surface area contributed by atoms with Crippen molar-refractivity contribution in [1.82, 2.24) is 19.5 Å². The van der Waals surface area contributed by atoms with Crippen molar-refractivity contribution in [3.8, 4) is 5.69 Å². The maximum absolute atomic E-state index is 13.5. The zero-order valence-corrected chi connectivity index (χ0v) is 23.3. The van der Waals surface area contributed by atoms with Crippen LogP contribution in [0.5, 0.6) is 0 Å². The van der Waals surface area contributed by atoms with Gasteiger partial charge in [0.15, 0.2) is 11.0 Å². The SMILES string of the molecule is Cc1cc(C)c(S(=O)(=O)NC(C)c2nnc(SCc3ccccc3)n2-c2cc(Cl)ccc2C)c(C)c1. The predicted octanol–water partition coefficient (Wildman–Crippen LogP) is 6.49. The lowest BCUT2D eigenvalue weighted by molar-refractivity contribution is 0.554. The largest absolute Gasteiger partial charge is 0.272 e. The molecule has 0 aliphatic heterocycles. The molecule has 1 N–H and O–H groups in total. The van der Waals surface area contributed by atoms with Gasteiger partial charge in [0, 0.05) is 10.8 Å². The molecule has 0 radical (unpaired) electrons. The molecule has 0 aliphatic carbocycles.